The van der Waals surface area contributed by atoms with Gasteiger partial charge in [-0.15, -0.1) is 10.2 Å². The molecule has 4 rings (SSSR count). The van der Waals surface area contributed by atoms with E-state index in [-0.39, 0.29) is 30.9 Å². The van der Waals surface area contributed by atoms with Crippen LogP contribution in [-0.2, 0) is 16.0 Å². The Morgan fingerprint density at radius 3 is 2.79 bits per heavy atom. The summed E-state index contributed by atoms with van der Waals surface area (Å²) in [6.07, 6.45) is 3.38. The average Bonchev–Trinajstić information content (AvgIpc) is 3.62. The van der Waals surface area contributed by atoms with Crippen molar-refractivity contribution in [3.8, 4) is 17.2 Å². The predicted molar refractivity (Wildman–Crippen MR) is 125 cm³/mol. The standard InChI is InChI=1S/C24H28N4O4S/c1-2-19(18-7-3-4-8-20(18)31-15-23(30)28-12-5-6-13-28)25-21(29)9-10-22-26-27-24(32-22)17-11-14-33-16-17/h3-4,7-8,11,14,16,19H,2,5-6,9-10,12-13,15H2,1H3,(H,25,29). The number of nitrogens with one attached hydrogen (secondary N) is 1. The van der Waals surface area contributed by atoms with E-state index in [4.69, 9.17) is 9.15 Å². The molecule has 2 aromatic heterocycles. The molecule has 1 saturated heterocycles. The number of ether oxygens (including phenoxy) is 1. The van der Waals surface area contributed by atoms with Gasteiger partial charge in [0, 0.05) is 42.4 Å². The highest BCUT2D eigenvalue weighted by molar-refractivity contribution is 7.08. The smallest absolute Gasteiger partial charge is 0.260 e. The highest BCUT2D eigenvalue weighted by Gasteiger charge is 2.21. The Bertz CT molecular complexity index is 1060. The third kappa shape index (κ3) is 5.98. The van der Waals surface area contributed by atoms with Crippen molar-refractivity contribution in [2.45, 2.75) is 45.1 Å². The average molecular weight is 469 g/mol. The number of hydrogen-bond donors (Lipinski definition) is 1. The van der Waals surface area contributed by atoms with Gasteiger partial charge in [-0.2, -0.15) is 11.3 Å². The number of hydrogen-bond acceptors (Lipinski definition) is 7. The van der Waals surface area contributed by atoms with Gasteiger partial charge in [0.05, 0.1) is 6.04 Å². The van der Waals surface area contributed by atoms with Gasteiger partial charge in [-0.25, -0.2) is 0 Å². The van der Waals surface area contributed by atoms with Crippen LogP contribution >= 0.6 is 11.3 Å². The van der Waals surface area contributed by atoms with Gasteiger partial charge in [0.1, 0.15) is 5.75 Å². The summed E-state index contributed by atoms with van der Waals surface area (Å²) in [6.45, 7) is 3.60. The number of benzene rings is 1. The maximum Gasteiger partial charge on any atom is 0.260 e. The normalized spacial score (nSPS) is 14.3. The molecule has 1 fully saturated rings. The van der Waals surface area contributed by atoms with Gasteiger partial charge in [-0.1, -0.05) is 25.1 Å². The molecule has 3 aromatic rings. The van der Waals surface area contributed by atoms with Crippen molar-refractivity contribution in [3.05, 3.63) is 52.5 Å². The zero-order valence-corrected chi connectivity index (χ0v) is 19.5. The topological polar surface area (TPSA) is 97.6 Å². The van der Waals surface area contributed by atoms with Gasteiger partial charge in [0.15, 0.2) is 6.61 Å². The number of amides is 2. The number of aryl methyl sites for hydroxylation is 1. The Labute approximate surface area is 197 Å². The van der Waals surface area contributed by atoms with Gasteiger partial charge in [0.2, 0.25) is 17.7 Å². The second-order valence-corrected chi connectivity index (χ2v) is 8.74. The third-order valence-corrected chi connectivity index (χ3v) is 6.33. The molecular formula is C24H28N4O4S. The summed E-state index contributed by atoms with van der Waals surface area (Å²) in [5.74, 6) is 1.41. The number of rotatable bonds is 10. The van der Waals surface area contributed by atoms with E-state index in [1.807, 2.05) is 52.9 Å². The molecule has 174 valence electrons. The fraction of sp³-hybridized carbons (Fsp3) is 0.417. The number of nitrogens with zero attached hydrogens (tertiary/aromatic N) is 3. The fourth-order valence-corrected chi connectivity index (χ4v) is 4.47. The van der Waals surface area contributed by atoms with Crippen LogP contribution in [0.4, 0.5) is 0 Å². The SMILES string of the molecule is CCC(NC(=O)CCc1nnc(-c2ccsc2)o1)c1ccccc1OCC(=O)N1CCCC1. The molecule has 0 bridgehead atoms. The van der Waals surface area contributed by atoms with Gasteiger partial charge in [-0.05, 0) is 36.8 Å². The Kier molecular flexibility index (Phi) is 7.72. The zero-order chi connectivity index (χ0) is 23.0. The van der Waals surface area contributed by atoms with Crippen molar-refractivity contribution >= 4 is 23.2 Å². The largest absolute Gasteiger partial charge is 0.483 e. The van der Waals surface area contributed by atoms with Crippen LogP contribution < -0.4 is 10.1 Å². The molecule has 0 saturated carbocycles. The minimum absolute atomic E-state index is 0.000709. The first-order valence-electron chi connectivity index (χ1n) is 11.3. The maximum absolute atomic E-state index is 12.6. The molecule has 0 radical (unpaired) electrons. The van der Waals surface area contributed by atoms with Crippen LogP contribution in [-0.4, -0.2) is 46.6 Å². The van der Waals surface area contributed by atoms with Gasteiger partial charge >= 0.3 is 0 Å². The third-order valence-electron chi connectivity index (χ3n) is 5.65. The first-order valence-corrected chi connectivity index (χ1v) is 12.2. The van der Waals surface area contributed by atoms with E-state index in [0.717, 1.165) is 37.1 Å². The van der Waals surface area contributed by atoms with Gasteiger partial charge in [0.25, 0.3) is 5.91 Å². The van der Waals surface area contributed by atoms with Crippen LogP contribution in [0.15, 0.2) is 45.5 Å². The monoisotopic (exact) mass is 468 g/mol. The molecular weight excluding hydrogens is 440 g/mol. The summed E-state index contributed by atoms with van der Waals surface area (Å²) in [7, 11) is 0. The van der Waals surface area contributed by atoms with E-state index in [1.165, 1.54) is 0 Å². The minimum Gasteiger partial charge on any atom is -0.483 e. The molecule has 33 heavy (non-hydrogen) atoms. The Balaban J connectivity index is 1.32. The number of para-hydroxylation sites is 1. The highest BCUT2D eigenvalue weighted by atomic mass is 32.1. The van der Waals surface area contributed by atoms with Gasteiger partial charge in [-0.3, -0.25) is 9.59 Å². The van der Waals surface area contributed by atoms with E-state index in [9.17, 15) is 9.59 Å². The molecule has 9 heteroatoms. The fourth-order valence-electron chi connectivity index (χ4n) is 3.84. The van der Waals surface area contributed by atoms with Crippen LogP contribution in [0.3, 0.4) is 0 Å². The molecule has 8 nitrogen and oxygen atoms in total. The number of carbonyl (C=O) groups excluding carboxylic acids is 2. The molecule has 1 N–H and O–H groups in total. The van der Waals surface area contributed by atoms with E-state index in [0.29, 0.717) is 30.4 Å². The molecule has 1 unspecified atom stereocenters. The first kappa shape index (κ1) is 23.0. The van der Waals surface area contributed by atoms with Crippen LogP contribution in [0, 0.1) is 0 Å². The van der Waals surface area contributed by atoms with E-state index >= 15 is 0 Å². The number of carbonyl (C=O) groups is 2. The summed E-state index contributed by atoms with van der Waals surface area (Å²) in [6, 6.07) is 9.23. The molecule has 1 aliphatic rings. The minimum atomic E-state index is -0.223. The Morgan fingerprint density at radius 1 is 1.21 bits per heavy atom. The van der Waals surface area contributed by atoms with Crippen molar-refractivity contribution in [2.75, 3.05) is 19.7 Å². The number of likely N-dealkylation sites (tertiary alicyclic amines) is 1. The van der Waals surface area contributed by atoms with Crippen molar-refractivity contribution in [1.82, 2.24) is 20.4 Å². The molecule has 3 heterocycles. The lowest BCUT2D eigenvalue weighted by Crippen LogP contribution is -2.32. The van der Waals surface area contributed by atoms with Gasteiger partial charge < -0.3 is 19.4 Å². The molecule has 1 aromatic carbocycles. The number of aromatic nitrogens is 2. The Hall–Kier alpha value is -3.20. The lowest BCUT2D eigenvalue weighted by atomic mass is 10.0. The predicted octanol–water partition coefficient (Wildman–Crippen LogP) is 4.00. The quantitative estimate of drug-likeness (QED) is 0.483. The molecule has 1 atom stereocenters. The van der Waals surface area contributed by atoms with Crippen molar-refractivity contribution < 1.29 is 18.7 Å². The second-order valence-electron chi connectivity index (χ2n) is 7.96. The van der Waals surface area contributed by atoms with Crippen LogP contribution in [0.5, 0.6) is 5.75 Å². The summed E-state index contributed by atoms with van der Waals surface area (Å²) in [5, 5.41) is 15.0. The van der Waals surface area contributed by atoms with Crippen molar-refractivity contribution in [2.24, 2.45) is 0 Å². The molecule has 0 aliphatic carbocycles. The summed E-state index contributed by atoms with van der Waals surface area (Å²) >= 11 is 1.56. The summed E-state index contributed by atoms with van der Waals surface area (Å²) in [5.41, 5.74) is 1.74. The highest BCUT2D eigenvalue weighted by Crippen LogP contribution is 2.28. The molecule has 1 aliphatic heterocycles. The van der Waals surface area contributed by atoms with Crippen LogP contribution in [0.1, 0.15) is 50.1 Å². The maximum atomic E-state index is 12.6. The van der Waals surface area contributed by atoms with Crippen LogP contribution in [0.25, 0.3) is 11.5 Å². The van der Waals surface area contributed by atoms with E-state index < -0.39 is 0 Å². The first-order chi connectivity index (χ1) is 16.1. The second kappa shape index (κ2) is 11.1. The van der Waals surface area contributed by atoms with E-state index in [2.05, 4.69) is 15.5 Å². The van der Waals surface area contributed by atoms with Crippen LogP contribution in [0.2, 0.25) is 0 Å². The lowest BCUT2D eigenvalue weighted by molar-refractivity contribution is -0.132. The van der Waals surface area contributed by atoms with Crippen molar-refractivity contribution in [3.63, 3.8) is 0 Å². The van der Waals surface area contributed by atoms with E-state index in [1.54, 1.807) is 11.3 Å². The lowest BCUT2D eigenvalue weighted by Gasteiger charge is -2.21. The Morgan fingerprint density at radius 2 is 2.03 bits per heavy atom. The number of thiophene rings is 1. The summed E-state index contributed by atoms with van der Waals surface area (Å²) < 4.78 is 11.5. The molecule has 2 amide bonds. The summed E-state index contributed by atoms with van der Waals surface area (Å²) in [4.78, 5) is 26.8. The van der Waals surface area contributed by atoms with Crippen molar-refractivity contribution in [1.29, 1.82) is 0 Å². The zero-order valence-electron chi connectivity index (χ0n) is 18.7. The molecule has 0 spiro atoms.